The Bertz CT molecular complexity index is 1130. The van der Waals surface area contributed by atoms with Crippen LogP contribution in [-0.2, 0) is 16.0 Å². The number of hydrogen-bond donors (Lipinski definition) is 1. The average molecular weight is 475 g/mol. The number of likely N-dealkylation sites (tertiary alicyclic amines) is 1. The molecule has 9 nitrogen and oxygen atoms in total. The van der Waals surface area contributed by atoms with Gasteiger partial charge in [0.15, 0.2) is 17.3 Å². The van der Waals surface area contributed by atoms with Gasteiger partial charge in [-0.05, 0) is 44.0 Å². The number of aryl methyl sites for hydroxylation is 1. The topological polar surface area (TPSA) is 98.4 Å². The first kappa shape index (κ1) is 23.3. The highest BCUT2D eigenvalue weighted by Gasteiger charge is 2.35. The largest absolute Gasteiger partial charge is 0.493 e. The first-order valence-electron chi connectivity index (χ1n) is 11.2. The number of aromatic nitrogens is 3. The van der Waals surface area contributed by atoms with E-state index in [1.165, 1.54) is 15.9 Å². The number of benzene rings is 1. The molecular formula is C23H30N4O5S. The van der Waals surface area contributed by atoms with Gasteiger partial charge in [0.25, 0.3) is 0 Å². The Kier molecular flexibility index (Phi) is 7.04. The van der Waals surface area contributed by atoms with Crippen molar-refractivity contribution in [1.82, 2.24) is 19.5 Å². The lowest BCUT2D eigenvalue weighted by Gasteiger charge is -2.37. The molecule has 1 N–H and O–H groups in total. The summed E-state index contributed by atoms with van der Waals surface area (Å²) in [5.41, 5.74) is 0.924. The molecule has 1 saturated heterocycles. The zero-order valence-corrected chi connectivity index (χ0v) is 20.2. The second-order valence-electron chi connectivity index (χ2n) is 7.97. The Balaban J connectivity index is 1.78. The fourth-order valence-corrected chi connectivity index (χ4v) is 5.50. The third-order valence-electron chi connectivity index (χ3n) is 5.97. The zero-order chi connectivity index (χ0) is 23.5. The molecule has 0 spiro atoms. The molecule has 0 unspecified atom stereocenters. The molecule has 10 heteroatoms. The van der Waals surface area contributed by atoms with Gasteiger partial charge in [-0.15, -0.1) is 5.10 Å². The maximum Gasteiger partial charge on any atom is 0.310 e. The van der Waals surface area contributed by atoms with E-state index in [1.54, 1.807) is 14.2 Å². The van der Waals surface area contributed by atoms with Gasteiger partial charge in [-0.1, -0.05) is 24.3 Å². The fraction of sp³-hybridized carbons (Fsp3) is 0.522. The molecule has 2 atom stereocenters. The maximum atomic E-state index is 12.5. The minimum Gasteiger partial charge on any atom is -0.493 e. The number of esters is 1. The SMILES string of the molecule is CCOC(=O)[C@H]1CCCN([C@H](c2ccc(OC)c(OC)c2)c2sc3nc(CC)nn3c2O)C1. The average Bonchev–Trinajstić information content (AvgIpc) is 3.38. The third kappa shape index (κ3) is 4.49. The van der Waals surface area contributed by atoms with Gasteiger partial charge in [-0.3, -0.25) is 9.69 Å². The Labute approximate surface area is 196 Å². The van der Waals surface area contributed by atoms with Crippen molar-refractivity contribution in [3.8, 4) is 17.4 Å². The monoisotopic (exact) mass is 474 g/mol. The standard InChI is InChI=1S/C23H30N4O5S/c1-5-18-24-23-27(25-18)21(28)20(33-23)19(14-9-10-16(30-3)17(12-14)31-4)26-11-7-8-15(13-26)22(29)32-6-2/h9-10,12,15,19,28H,5-8,11,13H2,1-4H3/t15-,19+/m0/s1. The lowest BCUT2D eigenvalue weighted by Crippen LogP contribution is -2.41. The molecule has 4 rings (SSSR count). The number of thiazole rings is 1. The molecule has 0 amide bonds. The van der Waals surface area contributed by atoms with Crippen LogP contribution in [0.5, 0.6) is 17.4 Å². The molecule has 178 valence electrons. The Morgan fingerprint density at radius 1 is 1.27 bits per heavy atom. The molecule has 33 heavy (non-hydrogen) atoms. The number of aromatic hydroxyl groups is 1. The van der Waals surface area contributed by atoms with Gasteiger partial charge < -0.3 is 19.3 Å². The Morgan fingerprint density at radius 2 is 2.06 bits per heavy atom. The predicted molar refractivity (Wildman–Crippen MR) is 124 cm³/mol. The number of ether oxygens (including phenoxy) is 3. The van der Waals surface area contributed by atoms with Crippen molar-refractivity contribution in [1.29, 1.82) is 0 Å². The van der Waals surface area contributed by atoms with Crippen LogP contribution in [0.25, 0.3) is 4.96 Å². The smallest absolute Gasteiger partial charge is 0.310 e. The van der Waals surface area contributed by atoms with Crippen LogP contribution >= 0.6 is 11.3 Å². The van der Waals surface area contributed by atoms with Gasteiger partial charge >= 0.3 is 5.97 Å². The first-order chi connectivity index (χ1) is 16.0. The molecular weight excluding hydrogens is 444 g/mol. The number of carbonyl (C=O) groups is 1. The van der Waals surface area contributed by atoms with E-state index in [0.717, 1.165) is 29.8 Å². The van der Waals surface area contributed by atoms with Gasteiger partial charge in [0.2, 0.25) is 10.8 Å². The Hall–Kier alpha value is -2.85. The van der Waals surface area contributed by atoms with Gasteiger partial charge in [0.05, 0.1) is 37.7 Å². The van der Waals surface area contributed by atoms with E-state index in [1.807, 2.05) is 32.0 Å². The molecule has 1 aliphatic rings. The van der Waals surface area contributed by atoms with Crippen LogP contribution in [0.15, 0.2) is 18.2 Å². The van der Waals surface area contributed by atoms with Gasteiger partial charge in [-0.25, -0.2) is 4.98 Å². The molecule has 0 radical (unpaired) electrons. The summed E-state index contributed by atoms with van der Waals surface area (Å²) in [5.74, 6) is 1.60. The normalized spacial score (nSPS) is 17.8. The molecule has 0 saturated carbocycles. The summed E-state index contributed by atoms with van der Waals surface area (Å²) < 4.78 is 17.7. The summed E-state index contributed by atoms with van der Waals surface area (Å²) in [6, 6.07) is 5.44. The number of hydrogen-bond acceptors (Lipinski definition) is 9. The highest BCUT2D eigenvalue weighted by Crippen LogP contribution is 2.43. The fourth-order valence-electron chi connectivity index (χ4n) is 4.36. The Morgan fingerprint density at radius 3 is 2.73 bits per heavy atom. The first-order valence-corrected chi connectivity index (χ1v) is 12.0. The molecule has 3 aromatic rings. The minimum absolute atomic E-state index is 0.0697. The highest BCUT2D eigenvalue weighted by molar-refractivity contribution is 7.17. The molecule has 1 aliphatic heterocycles. The molecule has 0 aliphatic carbocycles. The van der Waals surface area contributed by atoms with Crippen LogP contribution in [0.2, 0.25) is 0 Å². The molecule has 2 aromatic heterocycles. The van der Waals surface area contributed by atoms with Crippen molar-refractivity contribution in [2.75, 3.05) is 33.9 Å². The van der Waals surface area contributed by atoms with Gasteiger partial charge in [0, 0.05) is 13.0 Å². The number of nitrogens with zero attached hydrogens (tertiary/aromatic N) is 4. The lowest BCUT2D eigenvalue weighted by atomic mass is 9.94. The van der Waals surface area contributed by atoms with Crippen molar-refractivity contribution in [2.45, 2.75) is 39.2 Å². The van der Waals surface area contributed by atoms with E-state index < -0.39 is 0 Å². The van der Waals surface area contributed by atoms with E-state index in [4.69, 9.17) is 14.2 Å². The molecule has 0 bridgehead atoms. The van der Waals surface area contributed by atoms with Crippen molar-refractivity contribution in [2.24, 2.45) is 5.92 Å². The molecule has 1 aromatic carbocycles. The van der Waals surface area contributed by atoms with E-state index in [2.05, 4.69) is 15.0 Å². The van der Waals surface area contributed by atoms with Crippen molar-refractivity contribution in [3.63, 3.8) is 0 Å². The van der Waals surface area contributed by atoms with Gasteiger partial charge in [0.1, 0.15) is 0 Å². The van der Waals surface area contributed by atoms with Crippen LogP contribution in [0.1, 0.15) is 49.0 Å². The van der Waals surface area contributed by atoms with E-state index in [-0.39, 0.29) is 23.8 Å². The maximum absolute atomic E-state index is 12.5. The van der Waals surface area contributed by atoms with Crippen LogP contribution < -0.4 is 9.47 Å². The summed E-state index contributed by atoms with van der Waals surface area (Å²) in [6.07, 6.45) is 2.33. The number of rotatable bonds is 8. The van der Waals surface area contributed by atoms with E-state index >= 15 is 0 Å². The minimum atomic E-state index is -0.305. The van der Waals surface area contributed by atoms with E-state index in [0.29, 0.717) is 41.9 Å². The molecule has 3 heterocycles. The predicted octanol–water partition coefficient (Wildman–Crippen LogP) is 3.44. The highest BCUT2D eigenvalue weighted by atomic mass is 32.1. The quantitative estimate of drug-likeness (QED) is 0.496. The van der Waals surface area contributed by atoms with Crippen LogP contribution in [0.3, 0.4) is 0 Å². The summed E-state index contributed by atoms with van der Waals surface area (Å²) >= 11 is 1.41. The van der Waals surface area contributed by atoms with Crippen LogP contribution in [-0.4, -0.2) is 64.5 Å². The summed E-state index contributed by atoms with van der Waals surface area (Å²) in [7, 11) is 3.20. The van der Waals surface area contributed by atoms with Crippen LogP contribution in [0.4, 0.5) is 0 Å². The number of piperidine rings is 1. The number of methoxy groups -OCH3 is 2. The lowest BCUT2D eigenvalue weighted by molar-refractivity contribution is -0.150. The zero-order valence-electron chi connectivity index (χ0n) is 19.4. The molecule has 1 fully saturated rings. The van der Waals surface area contributed by atoms with Crippen molar-refractivity contribution in [3.05, 3.63) is 34.5 Å². The second-order valence-corrected chi connectivity index (χ2v) is 8.98. The summed E-state index contributed by atoms with van der Waals surface area (Å²) in [5, 5.41) is 15.6. The third-order valence-corrected chi connectivity index (χ3v) is 7.04. The summed E-state index contributed by atoms with van der Waals surface area (Å²) in [4.78, 5) is 20.6. The van der Waals surface area contributed by atoms with Gasteiger partial charge in [-0.2, -0.15) is 4.52 Å². The number of fused-ring (bicyclic) bond motifs is 1. The summed E-state index contributed by atoms with van der Waals surface area (Å²) in [6.45, 7) is 5.48. The van der Waals surface area contributed by atoms with Crippen molar-refractivity contribution < 1.29 is 24.1 Å². The number of carbonyl (C=O) groups excluding carboxylic acids is 1. The van der Waals surface area contributed by atoms with E-state index in [9.17, 15) is 9.90 Å². The second kappa shape index (κ2) is 9.96. The van der Waals surface area contributed by atoms with Crippen molar-refractivity contribution >= 4 is 22.3 Å². The van der Waals surface area contributed by atoms with Crippen LogP contribution in [0, 0.1) is 5.92 Å².